The predicted octanol–water partition coefficient (Wildman–Crippen LogP) is 5.34. The van der Waals surface area contributed by atoms with Crippen LogP contribution in [0.1, 0.15) is 37.8 Å². The number of dihydropyridines is 1. The van der Waals surface area contributed by atoms with E-state index < -0.39 is 5.92 Å². The largest absolute Gasteiger partial charge is 0.353 e. The first-order valence-corrected chi connectivity index (χ1v) is 12.1. The lowest BCUT2D eigenvalue weighted by Gasteiger charge is -2.30. The molecular weight excluding hydrogens is 454 g/mol. The molecule has 2 heterocycles. The number of Topliss-reactive ketones (excluding diaryl/α,β-unsaturated/α-hetero) is 1. The number of rotatable bonds is 5. The molecule has 7 heteroatoms. The number of halogens is 1. The molecule has 0 fully saturated rings. The highest BCUT2D eigenvalue weighted by Gasteiger charge is 2.34. The number of para-hydroxylation sites is 1. The average Bonchev–Trinajstić information content (AvgIpc) is 3.13. The van der Waals surface area contributed by atoms with Gasteiger partial charge in [-0.25, -0.2) is 0 Å². The first-order chi connectivity index (χ1) is 15.8. The molecule has 1 N–H and O–H groups in total. The van der Waals surface area contributed by atoms with E-state index in [2.05, 4.69) is 17.5 Å². The van der Waals surface area contributed by atoms with Gasteiger partial charge in [0.05, 0.1) is 28.3 Å². The summed E-state index contributed by atoms with van der Waals surface area (Å²) in [5.74, 6) is -0.432. The minimum absolute atomic E-state index is 0.00826. The molecule has 33 heavy (non-hydrogen) atoms. The normalized spacial score (nSPS) is 19.8. The minimum Gasteiger partial charge on any atom is -0.353 e. The summed E-state index contributed by atoms with van der Waals surface area (Å²) in [6.07, 6.45) is 0.833. The summed E-state index contributed by atoms with van der Waals surface area (Å²) in [6.45, 7) is 5.38. The van der Waals surface area contributed by atoms with Crippen LogP contribution in [0.4, 0.5) is 5.69 Å². The summed E-state index contributed by atoms with van der Waals surface area (Å²) in [7, 11) is 0. The Kier molecular flexibility index (Phi) is 6.64. The summed E-state index contributed by atoms with van der Waals surface area (Å²) < 4.78 is 0. The topological polar surface area (TPSA) is 73.2 Å². The van der Waals surface area contributed by atoms with Crippen molar-refractivity contribution in [2.75, 3.05) is 10.7 Å². The number of carbonyl (C=O) groups excluding carboxylic acids is 2. The van der Waals surface area contributed by atoms with Gasteiger partial charge in [-0.2, -0.15) is 5.26 Å². The molecule has 0 bridgehead atoms. The Morgan fingerprint density at radius 2 is 1.91 bits per heavy atom. The molecule has 0 saturated heterocycles. The maximum Gasteiger partial charge on any atom is 0.237 e. The van der Waals surface area contributed by atoms with E-state index in [1.807, 2.05) is 49.1 Å². The number of benzene rings is 2. The summed E-state index contributed by atoms with van der Waals surface area (Å²) in [5, 5.41) is 14.5. The van der Waals surface area contributed by atoms with Gasteiger partial charge in [-0.1, -0.05) is 53.7 Å². The number of nitriles is 1. The van der Waals surface area contributed by atoms with Crippen LogP contribution in [0.15, 0.2) is 70.4 Å². The number of hydrogen-bond donors (Lipinski definition) is 1. The Hall–Kier alpha value is -3.01. The second-order valence-corrected chi connectivity index (χ2v) is 9.72. The molecule has 0 aliphatic carbocycles. The SMILES string of the molecule is CC(=O)C1=C(C)NC(SCC(=O)N2c3ccccc3C[C@H]2C)=C(C#N)[C@H]1c1ccc(Cl)cc1. The average molecular weight is 478 g/mol. The molecular formula is C26H24ClN3O2S. The van der Waals surface area contributed by atoms with Gasteiger partial charge in [0.15, 0.2) is 5.78 Å². The van der Waals surface area contributed by atoms with Crippen molar-refractivity contribution < 1.29 is 9.59 Å². The molecule has 2 aromatic carbocycles. The number of carbonyl (C=O) groups is 2. The molecule has 2 atom stereocenters. The van der Waals surface area contributed by atoms with Gasteiger partial charge in [-0.05, 0) is 56.5 Å². The van der Waals surface area contributed by atoms with E-state index in [0.717, 1.165) is 17.7 Å². The number of fused-ring (bicyclic) bond motifs is 1. The zero-order chi connectivity index (χ0) is 23.7. The van der Waals surface area contributed by atoms with E-state index in [0.29, 0.717) is 26.9 Å². The number of nitrogens with one attached hydrogen (secondary N) is 1. The Bertz CT molecular complexity index is 1230. The van der Waals surface area contributed by atoms with Crippen LogP contribution < -0.4 is 10.2 Å². The van der Waals surface area contributed by atoms with Crippen LogP contribution in [0.3, 0.4) is 0 Å². The van der Waals surface area contributed by atoms with Gasteiger partial charge in [0.2, 0.25) is 5.91 Å². The van der Waals surface area contributed by atoms with Crippen LogP contribution in [0, 0.1) is 11.3 Å². The smallest absolute Gasteiger partial charge is 0.237 e. The number of allylic oxidation sites excluding steroid dienone is 3. The van der Waals surface area contributed by atoms with Gasteiger partial charge in [0, 0.05) is 28.0 Å². The van der Waals surface area contributed by atoms with Crippen LogP contribution >= 0.6 is 23.4 Å². The molecule has 2 aromatic rings. The molecule has 5 nitrogen and oxygen atoms in total. The van der Waals surface area contributed by atoms with E-state index in [9.17, 15) is 14.9 Å². The summed E-state index contributed by atoms with van der Waals surface area (Å²) in [6, 6.07) is 17.5. The van der Waals surface area contributed by atoms with Crippen LogP contribution in [0.25, 0.3) is 0 Å². The molecule has 0 saturated carbocycles. The Balaban J connectivity index is 1.63. The number of hydrogen-bond acceptors (Lipinski definition) is 5. The van der Waals surface area contributed by atoms with E-state index in [-0.39, 0.29) is 23.5 Å². The minimum atomic E-state index is -0.505. The molecule has 0 spiro atoms. The first kappa shape index (κ1) is 23.2. The van der Waals surface area contributed by atoms with Crippen LogP contribution in [-0.4, -0.2) is 23.5 Å². The third kappa shape index (κ3) is 4.44. The highest BCUT2D eigenvalue weighted by atomic mass is 35.5. The fourth-order valence-electron chi connectivity index (χ4n) is 4.63. The van der Waals surface area contributed by atoms with Crippen LogP contribution in [0.2, 0.25) is 5.02 Å². The summed E-state index contributed by atoms with van der Waals surface area (Å²) >= 11 is 7.36. The van der Waals surface area contributed by atoms with Crippen molar-refractivity contribution in [3.8, 4) is 6.07 Å². The summed E-state index contributed by atoms with van der Waals surface area (Å²) in [5.41, 5.74) is 4.61. The van der Waals surface area contributed by atoms with E-state index in [1.54, 1.807) is 12.1 Å². The van der Waals surface area contributed by atoms with E-state index in [1.165, 1.54) is 24.2 Å². The van der Waals surface area contributed by atoms with Crippen LogP contribution in [0.5, 0.6) is 0 Å². The maximum absolute atomic E-state index is 13.2. The van der Waals surface area contributed by atoms with Crippen molar-refractivity contribution >= 4 is 40.7 Å². The van der Waals surface area contributed by atoms with Crippen molar-refractivity contribution in [1.29, 1.82) is 5.26 Å². The number of ketones is 1. The lowest BCUT2D eigenvalue weighted by Crippen LogP contribution is -2.37. The number of anilines is 1. The van der Waals surface area contributed by atoms with Gasteiger partial charge >= 0.3 is 0 Å². The van der Waals surface area contributed by atoms with E-state index in [4.69, 9.17) is 11.6 Å². The molecule has 2 aliphatic rings. The number of amides is 1. The molecule has 168 valence electrons. The van der Waals surface area contributed by atoms with E-state index >= 15 is 0 Å². The lowest BCUT2D eigenvalue weighted by molar-refractivity contribution is -0.116. The van der Waals surface area contributed by atoms with Gasteiger partial charge in [0.1, 0.15) is 0 Å². The maximum atomic E-state index is 13.2. The molecule has 0 unspecified atom stereocenters. The van der Waals surface area contributed by atoms with Gasteiger partial charge in [-0.3, -0.25) is 9.59 Å². The van der Waals surface area contributed by atoms with Crippen LogP contribution in [-0.2, 0) is 16.0 Å². The van der Waals surface area contributed by atoms with Crippen molar-refractivity contribution in [1.82, 2.24) is 5.32 Å². The lowest BCUT2D eigenvalue weighted by atomic mass is 9.81. The van der Waals surface area contributed by atoms with Crippen molar-refractivity contribution in [3.63, 3.8) is 0 Å². The monoisotopic (exact) mass is 477 g/mol. The van der Waals surface area contributed by atoms with Crippen molar-refractivity contribution in [3.05, 3.63) is 86.6 Å². The second-order valence-electron chi connectivity index (χ2n) is 8.29. The fourth-order valence-corrected chi connectivity index (χ4v) is 5.71. The van der Waals surface area contributed by atoms with Gasteiger partial charge in [-0.15, -0.1) is 0 Å². The fraction of sp³-hybridized carbons (Fsp3) is 0.269. The predicted molar refractivity (Wildman–Crippen MR) is 133 cm³/mol. The Morgan fingerprint density at radius 3 is 2.58 bits per heavy atom. The summed E-state index contributed by atoms with van der Waals surface area (Å²) in [4.78, 5) is 27.5. The molecule has 2 aliphatic heterocycles. The van der Waals surface area contributed by atoms with Gasteiger partial charge < -0.3 is 10.2 Å². The van der Waals surface area contributed by atoms with Crippen molar-refractivity contribution in [2.24, 2.45) is 0 Å². The highest BCUT2D eigenvalue weighted by molar-refractivity contribution is 8.03. The third-order valence-electron chi connectivity index (χ3n) is 6.05. The van der Waals surface area contributed by atoms with Crippen molar-refractivity contribution in [2.45, 2.75) is 39.2 Å². The molecule has 0 radical (unpaired) electrons. The second kappa shape index (κ2) is 9.46. The Morgan fingerprint density at radius 1 is 1.21 bits per heavy atom. The standard InChI is InChI=1S/C26H24ClN3O2S/c1-15-12-19-6-4-5-7-22(19)30(15)23(32)14-33-26-21(13-28)25(18-8-10-20(27)11-9-18)24(17(3)31)16(2)29-26/h4-11,15,25,29H,12,14H2,1-3H3/t15-,25-/m1/s1. The molecule has 1 amide bonds. The highest BCUT2D eigenvalue weighted by Crippen LogP contribution is 2.41. The zero-order valence-electron chi connectivity index (χ0n) is 18.7. The Labute approximate surface area is 203 Å². The zero-order valence-corrected chi connectivity index (χ0v) is 20.3. The molecule has 0 aromatic heterocycles. The first-order valence-electron chi connectivity index (χ1n) is 10.7. The number of nitrogens with zero attached hydrogens (tertiary/aromatic N) is 2. The number of thioether (sulfide) groups is 1. The quantitative estimate of drug-likeness (QED) is 0.629. The van der Waals surface area contributed by atoms with Gasteiger partial charge in [0.25, 0.3) is 0 Å². The molecule has 4 rings (SSSR count). The third-order valence-corrected chi connectivity index (χ3v) is 7.30.